The van der Waals surface area contributed by atoms with Crippen molar-refractivity contribution in [2.24, 2.45) is 0 Å². The summed E-state index contributed by atoms with van der Waals surface area (Å²) in [6.45, 7) is 0. The molecule has 1 aromatic rings. The molecule has 0 heterocycles. The van der Waals surface area contributed by atoms with E-state index < -0.39 is 0 Å². The minimum absolute atomic E-state index is 0.338. The summed E-state index contributed by atoms with van der Waals surface area (Å²) < 4.78 is 0. The monoisotopic (exact) mass is 184 g/mol. The van der Waals surface area contributed by atoms with Gasteiger partial charge in [0.2, 0.25) is 0 Å². The fourth-order valence-electron chi connectivity index (χ4n) is 1.48. The normalized spacial score (nSPS) is 15.7. The Morgan fingerprint density at radius 2 is 1.64 bits per heavy atom. The van der Waals surface area contributed by atoms with E-state index in [0.29, 0.717) is 5.76 Å². The summed E-state index contributed by atoms with van der Waals surface area (Å²) in [4.78, 5) is 0. The minimum atomic E-state index is 0.338. The molecular weight excluding hydrogens is 172 g/mol. The quantitative estimate of drug-likeness (QED) is 0.708. The molecule has 1 heteroatoms. The molecule has 0 bridgehead atoms. The molecule has 14 heavy (non-hydrogen) atoms. The van der Waals surface area contributed by atoms with Crippen LogP contribution >= 0.6 is 0 Å². The molecule has 0 aromatic heterocycles. The van der Waals surface area contributed by atoms with E-state index in [4.69, 9.17) is 0 Å². The first kappa shape index (κ1) is 8.82. The van der Waals surface area contributed by atoms with Crippen molar-refractivity contribution >= 4 is 5.57 Å². The molecule has 0 saturated heterocycles. The van der Waals surface area contributed by atoms with Gasteiger partial charge in [-0.25, -0.2) is 0 Å². The fourth-order valence-corrected chi connectivity index (χ4v) is 1.48. The van der Waals surface area contributed by atoms with Crippen molar-refractivity contribution in [3.63, 3.8) is 0 Å². The Hall–Kier alpha value is -1.76. The van der Waals surface area contributed by atoms with Gasteiger partial charge in [0.1, 0.15) is 5.76 Å². The number of allylic oxidation sites excluding steroid dienone is 5. The molecule has 1 aromatic carbocycles. The highest BCUT2D eigenvalue weighted by molar-refractivity contribution is 5.77. The maximum atomic E-state index is 9.74. The lowest BCUT2D eigenvalue weighted by Gasteiger charge is -2.02. The van der Waals surface area contributed by atoms with Gasteiger partial charge < -0.3 is 5.11 Å². The molecule has 0 amide bonds. The van der Waals surface area contributed by atoms with Gasteiger partial charge in [0.25, 0.3) is 0 Å². The zero-order valence-corrected chi connectivity index (χ0v) is 7.85. The molecule has 0 spiro atoms. The summed E-state index contributed by atoms with van der Waals surface area (Å²) in [5, 5.41) is 9.74. The zero-order chi connectivity index (χ0) is 9.80. The van der Waals surface area contributed by atoms with Crippen LogP contribution in [-0.4, -0.2) is 5.11 Å². The molecule has 1 N–H and O–H groups in total. The van der Waals surface area contributed by atoms with Crippen molar-refractivity contribution in [3.05, 3.63) is 66.0 Å². The van der Waals surface area contributed by atoms with E-state index in [2.05, 4.69) is 0 Å². The van der Waals surface area contributed by atoms with Crippen molar-refractivity contribution in [2.75, 3.05) is 0 Å². The van der Waals surface area contributed by atoms with E-state index in [0.717, 1.165) is 17.6 Å². The van der Waals surface area contributed by atoms with Crippen LogP contribution in [0.5, 0.6) is 0 Å². The maximum Gasteiger partial charge on any atom is 0.123 e. The van der Waals surface area contributed by atoms with Crippen LogP contribution in [0, 0.1) is 0 Å². The number of hydrogen-bond donors (Lipinski definition) is 1. The Balaban J connectivity index is 2.47. The second kappa shape index (κ2) is 3.97. The van der Waals surface area contributed by atoms with Gasteiger partial charge in [0.05, 0.1) is 0 Å². The second-order valence-electron chi connectivity index (χ2n) is 3.21. The Morgan fingerprint density at radius 3 is 2.43 bits per heavy atom. The molecule has 70 valence electrons. The molecule has 0 atom stereocenters. The highest BCUT2D eigenvalue weighted by Gasteiger charge is 2.03. The molecular formula is C13H12O. The predicted molar refractivity (Wildman–Crippen MR) is 58.9 cm³/mol. The third kappa shape index (κ3) is 1.77. The van der Waals surface area contributed by atoms with Crippen molar-refractivity contribution < 1.29 is 5.11 Å². The first-order valence-electron chi connectivity index (χ1n) is 4.69. The summed E-state index contributed by atoms with van der Waals surface area (Å²) in [5.74, 6) is 0.338. The molecule has 2 rings (SSSR count). The Morgan fingerprint density at radius 1 is 0.929 bits per heavy atom. The summed E-state index contributed by atoms with van der Waals surface area (Å²) in [6, 6.07) is 9.90. The number of hydrogen-bond acceptors (Lipinski definition) is 1. The lowest BCUT2D eigenvalue weighted by molar-refractivity contribution is 0.435. The molecule has 1 aliphatic carbocycles. The summed E-state index contributed by atoms with van der Waals surface area (Å²) in [5.41, 5.74) is 1.94. The Bertz CT molecular complexity index is 397. The largest absolute Gasteiger partial charge is 0.507 e. The summed E-state index contributed by atoms with van der Waals surface area (Å²) in [6.07, 6.45) is 8.58. The van der Waals surface area contributed by atoms with Crippen LogP contribution in [0.2, 0.25) is 0 Å². The predicted octanol–water partition coefficient (Wildman–Crippen LogP) is 3.47. The van der Waals surface area contributed by atoms with Gasteiger partial charge in [-0.2, -0.15) is 0 Å². The minimum Gasteiger partial charge on any atom is -0.507 e. The van der Waals surface area contributed by atoms with Crippen LogP contribution in [0.15, 0.2) is 60.4 Å². The van der Waals surface area contributed by atoms with Gasteiger partial charge in [0, 0.05) is 5.57 Å². The van der Waals surface area contributed by atoms with Crippen LogP contribution in [0.25, 0.3) is 5.57 Å². The summed E-state index contributed by atoms with van der Waals surface area (Å²) in [7, 11) is 0. The molecule has 0 unspecified atom stereocenters. The summed E-state index contributed by atoms with van der Waals surface area (Å²) >= 11 is 0. The smallest absolute Gasteiger partial charge is 0.123 e. The van der Waals surface area contributed by atoms with Crippen molar-refractivity contribution in [3.8, 4) is 0 Å². The first-order chi connectivity index (χ1) is 6.88. The number of aliphatic hydroxyl groups is 1. The van der Waals surface area contributed by atoms with Crippen LogP contribution in [0.3, 0.4) is 0 Å². The lowest BCUT2D eigenvalue weighted by Crippen LogP contribution is -1.85. The molecule has 0 radical (unpaired) electrons. The molecule has 0 saturated carbocycles. The zero-order valence-electron chi connectivity index (χ0n) is 7.85. The average Bonchev–Trinajstić information content (AvgIpc) is 2.44. The van der Waals surface area contributed by atoms with Crippen molar-refractivity contribution in [1.29, 1.82) is 0 Å². The fraction of sp³-hybridized carbons (Fsp3) is 0.0769. The Labute approximate surface area is 83.7 Å². The van der Waals surface area contributed by atoms with Gasteiger partial charge in [-0.1, -0.05) is 48.6 Å². The maximum absolute atomic E-state index is 9.74. The third-order valence-corrected chi connectivity index (χ3v) is 2.19. The highest BCUT2D eigenvalue weighted by Crippen LogP contribution is 2.21. The Kier molecular flexibility index (Phi) is 2.50. The topological polar surface area (TPSA) is 20.2 Å². The van der Waals surface area contributed by atoms with E-state index >= 15 is 0 Å². The highest BCUT2D eigenvalue weighted by atomic mass is 16.3. The second-order valence-corrected chi connectivity index (χ2v) is 3.21. The SMILES string of the molecule is OC1=C(c2ccccc2)C=CCC=C1. The molecule has 1 nitrogen and oxygen atoms in total. The van der Waals surface area contributed by atoms with E-state index in [9.17, 15) is 5.11 Å². The van der Waals surface area contributed by atoms with Crippen LogP contribution < -0.4 is 0 Å². The molecule has 1 aliphatic rings. The number of rotatable bonds is 1. The third-order valence-electron chi connectivity index (χ3n) is 2.19. The van der Waals surface area contributed by atoms with Crippen LogP contribution in [-0.2, 0) is 0 Å². The molecule has 0 aliphatic heterocycles. The van der Waals surface area contributed by atoms with Crippen molar-refractivity contribution in [1.82, 2.24) is 0 Å². The molecule has 0 fully saturated rings. The van der Waals surface area contributed by atoms with Gasteiger partial charge in [-0.05, 0) is 18.1 Å². The van der Waals surface area contributed by atoms with E-state index in [-0.39, 0.29) is 0 Å². The lowest BCUT2D eigenvalue weighted by atomic mass is 10.0. The van der Waals surface area contributed by atoms with Gasteiger partial charge in [-0.15, -0.1) is 0 Å². The van der Waals surface area contributed by atoms with Crippen LogP contribution in [0.1, 0.15) is 12.0 Å². The average molecular weight is 184 g/mol. The standard InChI is InChI=1S/C13H12O/c14-13-10-6-2-5-9-12(13)11-7-3-1-4-8-11/h1,3-10,14H,2H2. The van der Waals surface area contributed by atoms with E-state index in [1.54, 1.807) is 6.08 Å². The van der Waals surface area contributed by atoms with Gasteiger partial charge in [-0.3, -0.25) is 0 Å². The number of aliphatic hydroxyl groups excluding tert-OH is 1. The van der Waals surface area contributed by atoms with Crippen molar-refractivity contribution in [2.45, 2.75) is 6.42 Å². The van der Waals surface area contributed by atoms with E-state index in [1.807, 2.05) is 48.6 Å². The van der Waals surface area contributed by atoms with E-state index in [1.165, 1.54) is 0 Å². The van der Waals surface area contributed by atoms with Gasteiger partial charge >= 0.3 is 0 Å². The van der Waals surface area contributed by atoms with Crippen LogP contribution in [0.4, 0.5) is 0 Å². The number of benzene rings is 1. The first-order valence-corrected chi connectivity index (χ1v) is 4.69. The van der Waals surface area contributed by atoms with Gasteiger partial charge in [0.15, 0.2) is 0 Å².